The number of allylic oxidation sites excluding steroid dienone is 1. The average molecular weight is 306 g/mol. The summed E-state index contributed by atoms with van der Waals surface area (Å²) in [7, 11) is 0. The fourth-order valence-corrected chi connectivity index (χ4v) is 2.82. The SMILES string of the molecule is NC(=O)Cn1cc2c(n1)c(N)nc1cc(C3=CC=NC3)ccc12. The van der Waals surface area contributed by atoms with Gasteiger partial charge >= 0.3 is 0 Å². The van der Waals surface area contributed by atoms with Crippen molar-refractivity contribution < 1.29 is 4.79 Å². The number of pyridine rings is 1. The Morgan fingerprint density at radius 3 is 2.91 bits per heavy atom. The largest absolute Gasteiger partial charge is 0.382 e. The van der Waals surface area contributed by atoms with Crippen LogP contribution in [0.25, 0.3) is 27.4 Å². The maximum absolute atomic E-state index is 11.1. The van der Waals surface area contributed by atoms with E-state index in [1.165, 1.54) is 4.68 Å². The van der Waals surface area contributed by atoms with E-state index in [4.69, 9.17) is 11.5 Å². The molecule has 0 unspecified atom stereocenters. The van der Waals surface area contributed by atoms with Crippen molar-refractivity contribution in [2.75, 3.05) is 12.3 Å². The molecule has 0 saturated carbocycles. The summed E-state index contributed by atoms with van der Waals surface area (Å²) in [6.45, 7) is 0.692. The molecule has 0 fully saturated rings. The summed E-state index contributed by atoms with van der Waals surface area (Å²) < 4.78 is 1.49. The molecule has 7 heteroatoms. The van der Waals surface area contributed by atoms with Gasteiger partial charge in [-0.25, -0.2) is 4.98 Å². The van der Waals surface area contributed by atoms with Crippen molar-refractivity contribution in [2.45, 2.75) is 6.54 Å². The molecule has 1 aromatic carbocycles. The second-order valence-electron chi connectivity index (χ2n) is 5.47. The van der Waals surface area contributed by atoms with Crippen LogP contribution in [-0.4, -0.2) is 33.4 Å². The number of benzene rings is 1. The third kappa shape index (κ3) is 2.22. The maximum atomic E-state index is 11.1. The van der Waals surface area contributed by atoms with Gasteiger partial charge in [0.25, 0.3) is 0 Å². The molecule has 1 aliphatic rings. The molecule has 0 saturated heterocycles. The highest BCUT2D eigenvalue weighted by molar-refractivity contribution is 6.08. The summed E-state index contributed by atoms with van der Waals surface area (Å²) in [5.41, 5.74) is 14.8. The fraction of sp³-hybridized carbons (Fsp3) is 0.125. The van der Waals surface area contributed by atoms with Gasteiger partial charge in [-0.2, -0.15) is 5.10 Å². The second-order valence-corrected chi connectivity index (χ2v) is 5.47. The summed E-state index contributed by atoms with van der Waals surface area (Å²) in [6.07, 6.45) is 5.57. The van der Waals surface area contributed by atoms with Crippen LogP contribution in [0.15, 0.2) is 35.5 Å². The number of carbonyl (C=O) groups excluding carboxylic acids is 1. The molecule has 23 heavy (non-hydrogen) atoms. The second kappa shape index (κ2) is 4.91. The molecule has 4 rings (SSSR count). The Labute approximate surface area is 131 Å². The number of anilines is 1. The first-order valence-corrected chi connectivity index (χ1v) is 7.16. The van der Waals surface area contributed by atoms with Gasteiger partial charge in [0.15, 0.2) is 5.82 Å². The zero-order valence-electron chi connectivity index (χ0n) is 12.2. The van der Waals surface area contributed by atoms with Crippen molar-refractivity contribution in [3.05, 3.63) is 36.0 Å². The predicted octanol–water partition coefficient (Wildman–Crippen LogP) is 1.12. The number of aromatic nitrogens is 3. The minimum atomic E-state index is -0.455. The van der Waals surface area contributed by atoms with Gasteiger partial charge in [-0.3, -0.25) is 14.5 Å². The lowest BCUT2D eigenvalue weighted by molar-refractivity contribution is -0.118. The Morgan fingerprint density at radius 1 is 1.30 bits per heavy atom. The Bertz CT molecular complexity index is 1010. The van der Waals surface area contributed by atoms with Crippen LogP contribution in [-0.2, 0) is 11.3 Å². The van der Waals surface area contributed by atoms with Gasteiger partial charge in [-0.1, -0.05) is 12.1 Å². The smallest absolute Gasteiger partial charge is 0.239 e. The molecule has 1 amide bonds. The summed E-state index contributed by atoms with van der Waals surface area (Å²) in [5.74, 6) is -0.117. The molecule has 7 nitrogen and oxygen atoms in total. The average Bonchev–Trinajstić information content (AvgIpc) is 3.15. The standard InChI is InChI=1S/C16H14N6O/c17-14(23)8-22-7-12-11-2-1-9(10-3-4-19-6-10)5-13(11)20-16(18)15(12)21-22/h1-5,7H,6,8H2,(H2,17,23)(H2,18,20). The van der Waals surface area contributed by atoms with Crippen molar-refractivity contribution in [1.82, 2.24) is 14.8 Å². The van der Waals surface area contributed by atoms with Gasteiger partial charge in [-0.05, 0) is 23.3 Å². The lowest BCUT2D eigenvalue weighted by atomic mass is 10.0. The molecule has 0 atom stereocenters. The number of fused-ring (bicyclic) bond motifs is 3. The van der Waals surface area contributed by atoms with Crippen molar-refractivity contribution in [2.24, 2.45) is 10.7 Å². The third-order valence-corrected chi connectivity index (χ3v) is 3.86. The van der Waals surface area contributed by atoms with Crippen LogP contribution < -0.4 is 11.5 Å². The number of hydrogen-bond donors (Lipinski definition) is 2. The van der Waals surface area contributed by atoms with Gasteiger partial charge in [-0.15, -0.1) is 0 Å². The Kier molecular flexibility index (Phi) is 2.87. The van der Waals surface area contributed by atoms with E-state index in [0.717, 1.165) is 27.4 Å². The van der Waals surface area contributed by atoms with Crippen LogP contribution in [0.2, 0.25) is 0 Å². The van der Waals surface area contributed by atoms with Crippen LogP contribution in [0.4, 0.5) is 5.82 Å². The Balaban J connectivity index is 1.90. The number of aliphatic imine (C=N–C) groups is 1. The molecule has 0 radical (unpaired) electrons. The molecule has 0 bridgehead atoms. The van der Waals surface area contributed by atoms with Gasteiger partial charge in [0.2, 0.25) is 5.91 Å². The van der Waals surface area contributed by atoms with E-state index in [1.807, 2.05) is 24.3 Å². The van der Waals surface area contributed by atoms with E-state index in [-0.39, 0.29) is 6.54 Å². The topological polar surface area (TPSA) is 112 Å². The van der Waals surface area contributed by atoms with Crippen LogP contribution in [0.3, 0.4) is 0 Å². The molecule has 4 N–H and O–H groups in total. The normalized spacial score (nSPS) is 13.8. The molecule has 2 aromatic heterocycles. The highest BCUT2D eigenvalue weighted by atomic mass is 16.1. The number of amides is 1. The number of hydrogen-bond acceptors (Lipinski definition) is 5. The molecule has 1 aliphatic heterocycles. The van der Waals surface area contributed by atoms with E-state index in [2.05, 4.69) is 15.1 Å². The van der Waals surface area contributed by atoms with E-state index < -0.39 is 5.91 Å². The van der Waals surface area contributed by atoms with Crippen LogP contribution in [0.1, 0.15) is 5.56 Å². The quantitative estimate of drug-likeness (QED) is 0.755. The van der Waals surface area contributed by atoms with Crippen LogP contribution >= 0.6 is 0 Å². The van der Waals surface area contributed by atoms with E-state index in [9.17, 15) is 4.79 Å². The number of primary amides is 1. The monoisotopic (exact) mass is 306 g/mol. The van der Waals surface area contributed by atoms with E-state index >= 15 is 0 Å². The molecular weight excluding hydrogens is 292 g/mol. The van der Waals surface area contributed by atoms with Crippen LogP contribution in [0.5, 0.6) is 0 Å². The minimum Gasteiger partial charge on any atom is -0.382 e. The summed E-state index contributed by atoms with van der Waals surface area (Å²) in [4.78, 5) is 19.7. The summed E-state index contributed by atoms with van der Waals surface area (Å²) in [5, 5.41) is 6.10. The van der Waals surface area contributed by atoms with Gasteiger partial charge in [0, 0.05) is 23.2 Å². The molecule has 3 aromatic rings. The van der Waals surface area contributed by atoms with Gasteiger partial charge in [0.05, 0.1) is 12.1 Å². The Hall–Kier alpha value is -3.22. The summed E-state index contributed by atoms with van der Waals surface area (Å²) in [6, 6.07) is 6.03. The zero-order valence-corrected chi connectivity index (χ0v) is 12.2. The van der Waals surface area contributed by atoms with Crippen molar-refractivity contribution in [3.63, 3.8) is 0 Å². The molecule has 0 spiro atoms. The Morgan fingerprint density at radius 2 is 2.17 bits per heavy atom. The predicted molar refractivity (Wildman–Crippen MR) is 90.0 cm³/mol. The van der Waals surface area contributed by atoms with E-state index in [1.54, 1.807) is 12.4 Å². The van der Waals surface area contributed by atoms with Crippen molar-refractivity contribution in [1.29, 1.82) is 0 Å². The first-order valence-electron chi connectivity index (χ1n) is 7.16. The van der Waals surface area contributed by atoms with E-state index in [0.29, 0.717) is 17.9 Å². The molecule has 114 valence electrons. The lowest BCUT2D eigenvalue weighted by Gasteiger charge is -2.05. The maximum Gasteiger partial charge on any atom is 0.239 e. The molecular formula is C16H14N6O. The third-order valence-electron chi connectivity index (χ3n) is 3.86. The van der Waals surface area contributed by atoms with Gasteiger partial charge < -0.3 is 11.5 Å². The van der Waals surface area contributed by atoms with Crippen LogP contribution in [0, 0.1) is 0 Å². The minimum absolute atomic E-state index is 0.0118. The number of nitrogens with two attached hydrogens (primary N) is 2. The van der Waals surface area contributed by atoms with Gasteiger partial charge in [0.1, 0.15) is 12.1 Å². The highest BCUT2D eigenvalue weighted by Crippen LogP contribution is 2.29. The highest BCUT2D eigenvalue weighted by Gasteiger charge is 2.13. The van der Waals surface area contributed by atoms with Crippen molar-refractivity contribution in [3.8, 4) is 0 Å². The molecule has 3 heterocycles. The summed E-state index contributed by atoms with van der Waals surface area (Å²) >= 11 is 0. The lowest BCUT2D eigenvalue weighted by Crippen LogP contribution is -2.18. The zero-order chi connectivity index (χ0) is 16.0. The van der Waals surface area contributed by atoms with Crippen molar-refractivity contribution >= 4 is 45.3 Å². The number of rotatable bonds is 3. The first-order chi connectivity index (χ1) is 11.1. The first kappa shape index (κ1) is 13.4. The number of nitrogens with zero attached hydrogens (tertiary/aromatic N) is 4. The molecule has 0 aliphatic carbocycles. The number of nitrogen functional groups attached to an aromatic ring is 1. The number of carbonyl (C=O) groups is 1. The fourth-order valence-electron chi connectivity index (χ4n) is 2.82.